The maximum absolute atomic E-state index is 12.2. The SMILES string of the molecule is Cc1c(Cl)cccc1NC(=O)CSc1cc(N2CCCC2)ncn1. The summed E-state index contributed by atoms with van der Waals surface area (Å²) in [4.78, 5) is 23.0. The number of rotatable bonds is 5. The number of nitrogens with zero attached hydrogens (tertiary/aromatic N) is 3. The van der Waals surface area contributed by atoms with Crippen molar-refractivity contribution in [2.24, 2.45) is 0 Å². The molecule has 0 saturated carbocycles. The van der Waals surface area contributed by atoms with E-state index in [1.165, 1.54) is 24.6 Å². The van der Waals surface area contributed by atoms with Gasteiger partial charge in [0.15, 0.2) is 0 Å². The molecule has 0 bridgehead atoms. The second kappa shape index (κ2) is 7.85. The number of thioether (sulfide) groups is 1. The normalized spacial score (nSPS) is 14.0. The van der Waals surface area contributed by atoms with Crippen molar-refractivity contribution in [2.75, 3.05) is 29.1 Å². The molecule has 1 saturated heterocycles. The summed E-state index contributed by atoms with van der Waals surface area (Å²) in [5.74, 6) is 1.16. The van der Waals surface area contributed by atoms with Gasteiger partial charge < -0.3 is 10.2 Å². The van der Waals surface area contributed by atoms with Crippen LogP contribution in [0.2, 0.25) is 5.02 Å². The average Bonchev–Trinajstić information content (AvgIpc) is 3.12. The van der Waals surface area contributed by atoms with Crippen LogP contribution in [0.5, 0.6) is 0 Å². The van der Waals surface area contributed by atoms with Gasteiger partial charge in [0, 0.05) is 29.9 Å². The molecule has 2 aromatic rings. The second-order valence-corrected chi connectivity index (χ2v) is 7.06. The van der Waals surface area contributed by atoms with Gasteiger partial charge in [-0.3, -0.25) is 4.79 Å². The minimum absolute atomic E-state index is 0.0771. The molecule has 2 heterocycles. The number of carbonyl (C=O) groups is 1. The number of benzene rings is 1. The molecule has 1 fully saturated rings. The third-order valence-corrected chi connectivity index (χ3v) is 5.29. The van der Waals surface area contributed by atoms with E-state index in [-0.39, 0.29) is 5.91 Å². The van der Waals surface area contributed by atoms with E-state index in [0.717, 1.165) is 35.2 Å². The lowest BCUT2D eigenvalue weighted by Gasteiger charge is -2.16. The first kappa shape index (κ1) is 17.0. The van der Waals surface area contributed by atoms with Crippen molar-refractivity contribution >= 4 is 40.8 Å². The maximum atomic E-state index is 12.2. The minimum Gasteiger partial charge on any atom is -0.356 e. The van der Waals surface area contributed by atoms with E-state index in [9.17, 15) is 4.79 Å². The van der Waals surface area contributed by atoms with Crippen LogP contribution in [-0.4, -0.2) is 34.7 Å². The smallest absolute Gasteiger partial charge is 0.234 e. The Kier molecular flexibility index (Phi) is 5.58. The van der Waals surface area contributed by atoms with E-state index in [2.05, 4.69) is 20.2 Å². The monoisotopic (exact) mass is 362 g/mol. The summed E-state index contributed by atoms with van der Waals surface area (Å²) < 4.78 is 0. The van der Waals surface area contributed by atoms with Crippen LogP contribution in [0.15, 0.2) is 35.6 Å². The molecule has 126 valence electrons. The molecule has 5 nitrogen and oxygen atoms in total. The topological polar surface area (TPSA) is 58.1 Å². The summed E-state index contributed by atoms with van der Waals surface area (Å²) >= 11 is 7.48. The van der Waals surface area contributed by atoms with Gasteiger partial charge in [-0.05, 0) is 37.5 Å². The third kappa shape index (κ3) is 4.19. The second-order valence-electron chi connectivity index (χ2n) is 5.66. The van der Waals surface area contributed by atoms with Crippen molar-refractivity contribution in [3.05, 3.63) is 41.2 Å². The number of aromatic nitrogens is 2. The van der Waals surface area contributed by atoms with Gasteiger partial charge in [0.05, 0.1) is 5.75 Å². The Morgan fingerprint density at radius 2 is 2.12 bits per heavy atom. The van der Waals surface area contributed by atoms with E-state index in [1.807, 2.05) is 31.2 Å². The highest BCUT2D eigenvalue weighted by Crippen LogP contribution is 2.25. The number of hydrogen-bond acceptors (Lipinski definition) is 5. The first-order chi connectivity index (χ1) is 11.6. The summed E-state index contributed by atoms with van der Waals surface area (Å²) in [6, 6.07) is 7.43. The summed E-state index contributed by atoms with van der Waals surface area (Å²) in [5, 5.41) is 4.35. The molecule has 1 aromatic carbocycles. The van der Waals surface area contributed by atoms with Gasteiger partial charge >= 0.3 is 0 Å². The highest BCUT2D eigenvalue weighted by Gasteiger charge is 2.14. The molecule has 0 spiro atoms. The van der Waals surface area contributed by atoms with Crippen LogP contribution in [0.1, 0.15) is 18.4 Å². The molecule has 0 atom stereocenters. The van der Waals surface area contributed by atoms with E-state index < -0.39 is 0 Å². The molecule has 24 heavy (non-hydrogen) atoms. The van der Waals surface area contributed by atoms with E-state index in [1.54, 1.807) is 6.33 Å². The van der Waals surface area contributed by atoms with Crippen molar-refractivity contribution in [1.29, 1.82) is 0 Å². The summed E-state index contributed by atoms with van der Waals surface area (Å²) in [7, 11) is 0. The number of nitrogens with one attached hydrogen (secondary N) is 1. The molecule has 0 radical (unpaired) electrons. The molecular weight excluding hydrogens is 344 g/mol. The van der Waals surface area contributed by atoms with Crippen molar-refractivity contribution in [3.63, 3.8) is 0 Å². The van der Waals surface area contributed by atoms with Gasteiger partial charge in [-0.1, -0.05) is 29.4 Å². The zero-order valence-corrected chi connectivity index (χ0v) is 15.0. The Morgan fingerprint density at radius 3 is 2.92 bits per heavy atom. The van der Waals surface area contributed by atoms with Gasteiger partial charge in [-0.25, -0.2) is 9.97 Å². The zero-order chi connectivity index (χ0) is 16.9. The first-order valence-electron chi connectivity index (χ1n) is 7.88. The van der Waals surface area contributed by atoms with Gasteiger partial charge in [0.25, 0.3) is 0 Å². The number of amides is 1. The Bertz CT molecular complexity index is 734. The number of carbonyl (C=O) groups excluding carboxylic acids is 1. The lowest BCUT2D eigenvalue weighted by molar-refractivity contribution is -0.113. The molecule has 1 N–H and O–H groups in total. The van der Waals surface area contributed by atoms with Crippen LogP contribution in [0.3, 0.4) is 0 Å². The van der Waals surface area contributed by atoms with Gasteiger partial charge in [-0.2, -0.15) is 0 Å². The van der Waals surface area contributed by atoms with Gasteiger partial charge in [0.2, 0.25) is 5.91 Å². The Hall–Kier alpha value is -1.79. The fourth-order valence-corrected chi connectivity index (χ4v) is 3.43. The van der Waals surface area contributed by atoms with Crippen LogP contribution >= 0.6 is 23.4 Å². The Morgan fingerprint density at radius 1 is 1.33 bits per heavy atom. The molecule has 3 rings (SSSR count). The van der Waals surface area contributed by atoms with Crippen LogP contribution in [0, 0.1) is 6.92 Å². The number of hydrogen-bond donors (Lipinski definition) is 1. The lowest BCUT2D eigenvalue weighted by Crippen LogP contribution is -2.19. The highest BCUT2D eigenvalue weighted by atomic mass is 35.5. The van der Waals surface area contributed by atoms with E-state index in [4.69, 9.17) is 11.6 Å². The van der Waals surface area contributed by atoms with E-state index >= 15 is 0 Å². The Balaban J connectivity index is 1.58. The molecule has 0 unspecified atom stereocenters. The fourth-order valence-electron chi connectivity index (χ4n) is 2.60. The first-order valence-corrected chi connectivity index (χ1v) is 9.24. The lowest BCUT2D eigenvalue weighted by atomic mass is 10.2. The summed E-state index contributed by atoms with van der Waals surface area (Å²) in [6.07, 6.45) is 3.97. The summed E-state index contributed by atoms with van der Waals surface area (Å²) in [5.41, 5.74) is 1.62. The molecule has 1 aliphatic heterocycles. The largest absolute Gasteiger partial charge is 0.356 e. The molecule has 1 aromatic heterocycles. The minimum atomic E-state index is -0.0771. The van der Waals surface area contributed by atoms with E-state index in [0.29, 0.717) is 10.8 Å². The zero-order valence-electron chi connectivity index (χ0n) is 13.5. The van der Waals surface area contributed by atoms with Gasteiger partial charge in [-0.15, -0.1) is 0 Å². The standard InChI is InChI=1S/C17H19ClN4OS/c1-12-13(18)5-4-6-14(12)21-16(23)10-24-17-9-15(19-11-20-17)22-7-2-3-8-22/h4-6,9,11H,2-3,7-8,10H2,1H3,(H,21,23). The molecule has 1 amide bonds. The number of anilines is 2. The summed E-state index contributed by atoms with van der Waals surface area (Å²) in [6.45, 7) is 3.96. The molecule has 7 heteroatoms. The Labute approximate surface area is 150 Å². The number of halogens is 1. The molecule has 0 aliphatic carbocycles. The van der Waals surface area contributed by atoms with Gasteiger partial charge in [0.1, 0.15) is 17.2 Å². The van der Waals surface area contributed by atoms with Crippen molar-refractivity contribution in [3.8, 4) is 0 Å². The fraction of sp³-hybridized carbons (Fsp3) is 0.353. The molecular formula is C17H19ClN4OS. The van der Waals surface area contributed by atoms with Crippen molar-refractivity contribution in [2.45, 2.75) is 24.8 Å². The van der Waals surface area contributed by atoms with Crippen LogP contribution in [0.4, 0.5) is 11.5 Å². The van der Waals surface area contributed by atoms with Crippen molar-refractivity contribution in [1.82, 2.24) is 9.97 Å². The molecule has 1 aliphatic rings. The predicted molar refractivity (Wildman–Crippen MR) is 99.0 cm³/mol. The maximum Gasteiger partial charge on any atom is 0.234 e. The average molecular weight is 363 g/mol. The predicted octanol–water partition coefficient (Wildman–Crippen LogP) is 3.77. The third-order valence-electron chi connectivity index (χ3n) is 3.95. The van der Waals surface area contributed by atoms with Crippen LogP contribution < -0.4 is 10.2 Å². The van der Waals surface area contributed by atoms with Crippen molar-refractivity contribution < 1.29 is 4.79 Å². The van der Waals surface area contributed by atoms with Crippen LogP contribution in [0.25, 0.3) is 0 Å². The van der Waals surface area contributed by atoms with Crippen LogP contribution in [-0.2, 0) is 4.79 Å². The quantitative estimate of drug-likeness (QED) is 0.648. The highest BCUT2D eigenvalue weighted by molar-refractivity contribution is 7.99.